The Bertz CT molecular complexity index is 392. The number of aromatic nitrogens is 1. The minimum absolute atomic E-state index is 0.0896. The van der Waals surface area contributed by atoms with Gasteiger partial charge < -0.3 is 16.0 Å². The van der Waals surface area contributed by atoms with Gasteiger partial charge in [-0.3, -0.25) is 9.78 Å². The molecular formula is C13H22N4O. The lowest BCUT2D eigenvalue weighted by Gasteiger charge is -2.16. The monoisotopic (exact) mass is 250 g/mol. The van der Waals surface area contributed by atoms with Gasteiger partial charge >= 0.3 is 0 Å². The maximum Gasteiger partial charge on any atom is 0.272 e. The fourth-order valence-corrected chi connectivity index (χ4v) is 1.65. The Labute approximate surface area is 108 Å². The Morgan fingerprint density at radius 3 is 2.89 bits per heavy atom. The van der Waals surface area contributed by atoms with E-state index in [4.69, 9.17) is 5.73 Å². The van der Waals surface area contributed by atoms with Crippen molar-refractivity contribution in [1.29, 1.82) is 0 Å². The Morgan fingerprint density at radius 2 is 2.28 bits per heavy atom. The Kier molecular flexibility index (Phi) is 5.58. The van der Waals surface area contributed by atoms with E-state index in [2.05, 4.69) is 17.2 Å². The van der Waals surface area contributed by atoms with E-state index >= 15 is 0 Å². The van der Waals surface area contributed by atoms with E-state index in [1.165, 1.54) is 4.90 Å². The van der Waals surface area contributed by atoms with Gasteiger partial charge in [0.1, 0.15) is 5.69 Å². The average Bonchev–Trinajstić information content (AvgIpc) is 2.35. The fraction of sp³-hybridized carbons (Fsp3) is 0.538. The first-order valence-corrected chi connectivity index (χ1v) is 6.19. The van der Waals surface area contributed by atoms with Crippen LogP contribution in [0.5, 0.6) is 0 Å². The van der Waals surface area contributed by atoms with Crippen LogP contribution in [-0.4, -0.2) is 42.5 Å². The van der Waals surface area contributed by atoms with E-state index in [-0.39, 0.29) is 5.91 Å². The van der Waals surface area contributed by atoms with Crippen LogP contribution in [0.15, 0.2) is 18.3 Å². The molecule has 0 fully saturated rings. The number of carbonyl (C=O) groups is 1. The fourth-order valence-electron chi connectivity index (χ4n) is 1.65. The van der Waals surface area contributed by atoms with Crippen molar-refractivity contribution in [2.75, 3.05) is 26.0 Å². The minimum atomic E-state index is -0.0896. The summed E-state index contributed by atoms with van der Waals surface area (Å²) in [5, 5.41) is 3.34. The van der Waals surface area contributed by atoms with E-state index in [0.29, 0.717) is 18.3 Å². The smallest absolute Gasteiger partial charge is 0.272 e. The first-order chi connectivity index (χ1) is 8.54. The second kappa shape index (κ2) is 6.96. The van der Waals surface area contributed by atoms with Crippen LogP contribution in [-0.2, 0) is 0 Å². The molecule has 0 saturated carbocycles. The molecule has 1 rings (SSSR count). The molecule has 0 spiro atoms. The number of amides is 1. The van der Waals surface area contributed by atoms with E-state index in [1.54, 1.807) is 26.4 Å². The van der Waals surface area contributed by atoms with Gasteiger partial charge in [0.15, 0.2) is 0 Å². The summed E-state index contributed by atoms with van der Waals surface area (Å²) in [5.74, 6) is -0.0896. The highest BCUT2D eigenvalue weighted by Gasteiger charge is 2.10. The predicted molar refractivity (Wildman–Crippen MR) is 73.6 cm³/mol. The standard InChI is InChI=1S/C13H22N4O/c1-10(5-4-7-14)16-11-6-8-15-12(9-11)13(18)17(2)3/h6,8-10H,4-5,7,14H2,1-3H3,(H,15,16). The molecule has 1 aromatic heterocycles. The molecule has 0 aliphatic rings. The quantitative estimate of drug-likeness (QED) is 0.799. The van der Waals surface area contributed by atoms with E-state index in [0.717, 1.165) is 18.5 Å². The zero-order valence-electron chi connectivity index (χ0n) is 11.3. The lowest BCUT2D eigenvalue weighted by atomic mass is 10.1. The van der Waals surface area contributed by atoms with Crippen molar-refractivity contribution in [3.8, 4) is 0 Å². The molecule has 5 nitrogen and oxygen atoms in total. The lowest BCUT2D eigenvalue weighted by Crippen LogP contribution is -2.23. The number of carbonyl (C=O) groups excluding carboxylic acids is 1. The highest BCUT2D eigenvalue weighted by molar-refractivity contribution is 5.92. The molecule has 0 aromatic carbocycles. The zero-order valence-corrected chi connectivity index (χ0v) is 11.3. The van der Waals surface area contributed by atoms with Gasteiger partial charge in [0.25, 0.3) is 5.91 Å². The van der Waals surface area contributed by atoms with Crippen molar-refractivity contribution < 1.29 is 4.79 Å². The number of anilines is 1. The second-order valence-electron chi connectivity index (χ2n) is 4.61. The number of nitrogens with one attached hydrogen (secondary N) is 1. The van der Waals surface area contributed by atoms with Crippen molar-refractivity contribution in [2.45, 2.75) is 25.8 Å². The van der Waals surface area contributed by atoms with Gasteiger partial charge in [-0.25, -0.2) is 0 Å². The largest absolute Gasteiger partial charge is 0.382 e. The summed E-state index contributed by atoms with van der Waals surface area (Å²) in [4.78, 5) is 17.4. The van der Waals surface area contributed by atoms with Crippen LogP contribution < -0.4 is 11.1 Å². The van der Waals surface area contributed by atoms with Crippen LogP contribution >= 0.6 is 0 Å². The van der Waals surface area contributed by atoms with Crippen molar-refractivity contribution in [1.82, 2.24) is 9.88 Å². The molecular weight excluding hydrogens is 228 g/mol. The van der Waals surface area contributed by atoms with Crippen LogP contribution in [0.1, 0.15) is 30.3 Å². The summed E-state index contributed by atoms with van der Waals surface area (Å²) in [6.45, 7) is 2.80. The number of hydrogen-bond donors (Lipinski definition) is 2. The van der Waals surface area contributed by atoms with E-state index in [9.17, 15) is 4.79 Å². The summed E-state index contributed by atoms with van der Waals surface area (Å²) in [6, 6.07) is 3.98. The molecule has 1 atom stereocenters. The summed E-state index contributed by atoms with van der Waals surface area (Å²) in [7, 11) is 3.43. The Morgan fingerprint density at radius 1 is 1.56 bits per heavy atom. The highest BCUT2D eigenvalue weighted by Crippen LogP contribution is 2.12. The maximum absolute atomic E-state index is 11.8. The van der Waals surface area contributed by atoms with E-state index < -0.39 is 0 Å². The van der Waals surface area contributed by atoms with E-state index in [1.807, 2.05) is 6.07 Å². The molecule has 100 valence electrons. The normalized spacial score (nSPS) is 12.0. The molecule has 18 heavy (non-hydrogen) atoms. The van der Waals surface area contributed by atoms with Crippen molar-refractivity contribution in [2.24, 2.45) is 5.73 Å². The zero-order chi connectivity index (χ0) is 13.5. The summed E-state index contributed by atoms with van der Waals surface area (Å²) in [6.07, 6.45) is 3.65. The second-order valence-corrected chi connectivity index (χ2v) is 4.61. The molecule has 0 radical (unpaired) electrons. The molecule has 1 aromatic rings. The third-order valence-electron chi connectivity index (χ3n) is 2.64. The van der Waals surface area contributed by atoms with Crippen molar-refractivity contribution in [3.63, 3.8) is 0 Å². The first-order valence-electron chi connectivity index (χ1n) is 6.19. The SMILES string of the molecule is CC(CCCN)Nc1ccnc(C(=O)N(C)C)c1. The average molecular weight is 250 g/mol. The molecule has 1 unspecified atom stereocenters. The number of pyridine rings is 1. The molecule has 5 heteroatoms. The molecule has 0 aliphatic heterocycles. The van der Waals surface area contributed by atoms with Gasteiger partial charge in [-0.05, 0) is 38.4 Å². The lowest BCUT2D eigenvalue weighted by molar-refractivity contribution is 0.0822. The summed E-state index contributed by atoms with van der Waals surface area (Å²) >= 11 is 0. The van der Waals surface area contributed by atoms with Gasteiger partial charge in [0.2, 0.25) is 0 Å². The number of nitrogens with two attached hydrogens (primary N) is 1. The first kappa shape index (κ1) is 14.4. The van der Waals surface area contributed by atoms with Crippen LogP contribution in [0.4, 0.5) is 5.69 Å². The van der Waals surface area contributed by atoms with Gasteiger partial charge in [-0.2, -0.15) is 0 Å². The topological polar surface area (TPSA) is 71.2 Å². The summed E-state index contributed by atoms with van der Waals surface area (Å²) in [5.41, 5.74) is 6.85. The molecule has 1 amide bonds. The number of nitrogens with zero attached hydrogens (tertiary/aromatic N) is 2. The molecule has 0 aliphatic carbocycles. The van der Waals surface area contributed by atoms with Gasteiger partial charge in [0, 0.05) is 32.0 Å². The van der Waals surface area contributed by atoms with Crippen LogP contribution in [0.25, 0.3) is 0 Å². The Balaban J connectivity index is 2.67. The highest BCUT2D eigenvalue weighted by atomic mass is 16.2. The van der Waals surface area contributed by atoms with Crippen molar-refractivity contribution in [3.05, 3.63) is 24.0 Å². The minimum Gasteiger partial charge on any atom is -0.382 e. The number of hydrogen-bond acceptors (Lipinski definition) is 4. The van der Waals surface area contributed by atoms with Crippen LogP contribution in [0.2, 0.25) is 0 Å². The molecule has 1 heterocycles. The van der Waals surface area contributed by atoms with Crippen molar-refractivity contribution >= 4 is 11.6 Å². The number of rotatable bonds is 6. The Hall–Kier alpha value is -1.62. The van der Waals surface area contributed by atoms with Gasteiger partial charge in [0.05, 0.1) is 0 Å². The van der Waals surface area contributed by atoms with Crippen LogP contribution in [0, 0.1) is 0 Å². The van der Waals surface area contributed by atoms with Crippen LogP contribution in [0.3, 0.4) is 0 Å². The predicted octanol–water partition coefficient (Wildman–Crippen LogP) is 1.32. The van der Waals surface area contributed by atoms with Gasteiger partial charge in [-0.1, -0.05) is 0 Å². The maximum atomic E-state index is 11.8. The third kappa shape index (κ3) is 4.33. The van der Waals surface area contributed by atoms with Gasteiger partial charge in [-0.15, -0.1) is 0 Å². The third-order valence-corrected chi connectivity index (χ3v) is 2.64. The summed E-state index contributed by atoms with van der Waals surface area (Å²) < 4.78 is 0. The molecule has 0 saturated heterocycles. The molecule has 3 N–H and O–H groups in total. The molecule has 0 bridgehead atoms.